The van der Waals surface area contributed by atoms with E-state index in [1.54, 1.807) is 29.2 Å². The molecule has 7 heteroatoms. The van der Waals surface area contributed by atoms with Crippen molar-refractivity contribution in [3.8, 4) is 0 Å². The molecular weight excluding hydrogens is 310 g/mol. The van der Waals surface area contributed by atoms with Crippen molar-refractivity contribution in [3.63, 3.8) is 0 Å². The average Bonchev–Trinajstić information content (AvgIpc) is 3.12. The number of pyridine rings is 1. The Morgan fingerprint density at radius 3 is 2.38 bits per heavy atom. The molecule has 1 aliphatic heterocycles. The predicted octanol–water partition coefficient (Wildman–Crippen LogP) is 1.97. The maximum absolute atomic E-state index is 13.0. The molecule has 1 atom stereocenters. The Hall–Kier alpha value is -2.96. The maximum Gasteiger partial charge on any atom is 0.285 e. The third kappa shape index (κ3) is 3.05. The minimum atomic E-state index is -0.892. The fraction of sp³-hybridized carbons (Fsp3) is 0.294. The van der Waals surface area contributed by atoms with Crippen LogP contribution in [-0.2, 0) is 4.79 Å². The van der Waals surface area contributed by atoms with Crippen LogP contribution in [0.1, 0.15) is 24.4 Å². The molecule has 24 heavy (non-hydrogen) atoms. The average molecular weight is 327 g/mol. The second-order valence-electron chi connectivity index (χ2n) is 5.74. The minimum Gasteiger partial charge on any atom is -0.341 e. The smallest absolute Gasteiger partial charge is 0.285 e. The highest BCUT2D eigenvalue weighted by Crippen LogP contribution is 2.23. The zero-order valence-electron chi connectivity index (χ0n) is 13.0. The monoisotopic (exact) mass is 327 g/mol. The number of aromatic nitrogens is 1. The molecule has 1 aliphatic rings. The van der Waals surface area contributed by atoms with E-state index in [0.29, 0.717) is 18.7 Å². The molecule has 7 nitrogen and oxygen atoms in total. The molecule has 1 aromatic heterocycles. The van der Waals surface area contributed by atoms with Crippen molar-refractivity contribution < 1.29 is 9.72 Å². The van der Waals surface area contributed by atoms with Crippen LogP contribution < -0.4 is 5.56 Å². The van der Waals surface area contributed by atoms with Gasteiger partial charge in [0, 0.05) is 25.2 Å². The maximum atomic E-state index is 13.0. The highest BCUT2D eigenvalue weighted by molar-refractivity contribution is 5.84. The number of carbonyl (C=O) groups is 1. The van der Waals surface area contributed by atoms with Gasteiger partial charge in [0.1, 0.15) is 6.04 Å². The SMILES string of the molecule is O=C([C@H](c1ccccc1)n1cc([N+](=O)[O-])ccc1=O)N1CCCC1. The lowest BCUT2D eigenvalue weighted by Crippen LogP contribution is -2.39. The van der Waals surface area contributed by atoms with E-state index in [4.69, 9.17) is 0 Å². The molecule has 0 saturated carbocycles. The van der Waals surface area contributed by atoms with Crippen LogP contribution in [0.4, 0.5) is 5.69 Å². The molecule has 0 N–H and O–H groups in total. The molecule has 1 fully saturated rings. The van der Waals surface area contributed by atoms with Gasteiger partial charge in [-0.2, -0.15) is 0 Å². The van der Waals surface area contributed by atoms with Gasteiger partial charge >= 0.3 is 0 Å². The van der Waals surface area contributed by atoms with Crippen LogP contribution in [0.15, 0.2) is 53.5 Å². The molecule has 1 aromatic carbocycles. The Bertz CT molecular complexity index is 810. The molecule has 0 radical (unpaired) electrons. The number of hydrogen-bond donors (Lipinski definition) is 0. The molecule has 0 spiro atoms. The third-order valence-electron chi connectivity index (χ3n) is 4.18. The summed E-state index contributed by atoms with van der Waals surface area (Å²) < 4.78 is 1.16. The molecule has 1 saturated heterocycles. The van der Waals surface area contributed by atoms with Crippen LogP contribution in [0.2, 0.25) is 0 Å². The van der Waals surface area contributed by atoms with Crippen molar-refractivity contribution in [1.82, 2.24) is 9.47 Å². The third-order valence-corrected chi connectivity index (χ3v) is 4.18. The Balaban J connectivity index is 2.11. The predicted molar refractivity (Wildman–Crippen MR) is 87.8 cm³/mol. The van der Waals surface area contributed by atoms with Gasteiger partial charge in [0.15, 0.2) is 0 Å². The number of nitrogens with zero attached hydrogens (tertiary/aromatic N) is 3. The summed E-state index contributed by atoms with van der Waals surface area (Å²) in [6.45, 7) is 1.29. The second kappa shape index (κ2) is 6.66. The van der Waals surface area contributed by atoms with Gasteiger partial charge in [0.25, 0.3) is 11.2 Å². The fourth-order valence-corrected chi connectivity index (χ4v) is 2.97. The van der Waals surface area contributed by atoms with E-state index in [2.05, 4.69) is 0 Å². The van der Waals surface area contributed by atoms with Crippen molar-refractivity contribution >= 4 is 11.6 Å². The summed E-state index contributed by atoms with van der Waals surface area (Å²) in [5.41, 5.74) is -0.0243. The lowest BCUT2D eigenvalue weighted by Gasteiger charge is -2.25. The highest BCUT2D eigenvalue weighted by atomic mass is 16.6. The Labute approximate surface area is 138 Å². The molecule has 0 unspecified atom stereocenters. The quantitative estimate of drug-likeness (QED) is 0.634. The summed E-state index contributed by atoms with van der Waals surface area (Å²) in [6, 6.07) is 10.3. The van der Waals surface area contributed by atoms with Crippen LogP contribution in [0.3, 0.4) is 0 Å². The number of amides is 1. The summed E-state index contributed by atoms with van der Waals surface area (Å²) in [6.07, 6.45) is 3.00. The lowest BCUT2D eigenvalue weighted by molar-refractivity contribution is -0.385. The Morgan fingerprint density at radius 1 is 1.08 bits per heavy atom. The summed E-state index contributed by atoms with van der Waals surface area (Å²) in [5.74, 6) is -0.207. The number of hydrogen-bond acceptors (Lipinski definition) is 4. The Morgan fingerprint density at radius 2 is 1.75 bits per heavy atom. The Kier molecular flexibility index (Phi) is 4.41. The van der Waals surface area contributed by atoms with Crippen LogP contribution in [0.5, 0.6) is 0 Å². The van der Waals surface area contributed by atoms with Crippen molar-refractivity contribution in [2.75, 3.05) is 13.1 Å². The minimum absolute atomic E-state index is 0.207. The number of rotatable bonds is 4. The summed E-state index contributed by atoms with van der Waals surface area (Å²) in [5, 5.41) is 11.0. The first-order valence-electron chi connectivity index (χ1n) is 7.78. The lowest BCUT2D eigenvalue weighted by atomic mass is 10.0. The molecule has 0 bridgehead atoms. The first kappa shape index (κ1) is 15.9. The molecule has 1 amide bonds. The van der Waals surface area contributed by atoms with Crippen molar-refractivity contribution in [3.05, 3.63) is 74.7 Å². The van der Waals surface area contributed by atoms with E-state index in [1.807, 2.05) is 6.07 Å². The van der Waals surface area contributed by atoms with E-state index in [1.165, 1.54) is 0 Å². The topological polar surface area (TPSA) is 85.5 Å². The molecule has 0 aliphatic carbocycles. The van der Waals surface area contributed by atoms with E-state index in [0.717, 1.165) is 35.7 Å². The van der Waals surface area contributed by atoms with Crippen LogP contribution in [-0.4, -0.2) is 33.4 Å². The highest BCUT2D eigenvalue weighted by Gasteiger charge is 2.30. The zero-order chi connectivity index (χ0) is 17.1. The van der Waals surface area contributed by atoms with E-state index in [9.17, 15) is 19.7 Å². The van der Waals surface area contributed by atoms with E-state index < -0.39 is 16.5 Å². The number of benzene rings is 1. The second-order valence-corrected chi connectivity index (χ2v) is 5.74. The van der Waals surface area contributed by atoms with Crippen LogP contribution >= 0.6 is 0 Å². The summed E-state index contributed by atoms with van der Waals surface area (Å²) >= 11 is 0. The standard InChI is InChI=1S/C17H17N3O4/c21-15-9-8-14(20(23)24)12-19(15)16(13-6-2-1-3-7-13)17(22)18-10-4-5-11-18/h1-3,6-9,12,16H,4-5,10-11H2/t16-/m0/s1. The van der Waals surface area contributed by atoms with Crippen LogP contribution in [0, 0.1) is 10.1 Å². The summed E-state index contributed by atoms with van der Waals surface area (Å²) in [4.78, 5) is 37.5. The van der Waals surface area contributed by atoms with E-state index >= 15 is 0 Å². The van der Waals surface area contributed by atoms with Gasteiger partial charge in [-0.1, -0.05) is 30.3 Å². The first-order valence-corrected chi connectivity index (χ1v) is 7.78. The number of carbonyl (C=O) groups excluding carboxylic acids is 1. The van der Waals surface area contributed by atoms with Crippen LogP contribution in [0.25, 0.3) is 0 Å². The normalized spacial score (nSPS) is 15.2. The molecule has 124 valence electrons. The largest absolute Gasteiger partial charge is 0.341 e. The molecular formula is C17H17N3O4. The van der Waals surface area contributed by atoms with Gasteiger partial charge in [-0.05, 0) is 18.4 Å². The van der Waals surface area contributed by atoms with E-state index in [-0.39, 0.29) is 11.6 Å². The molecule has 2 heterocycles. The molecule has 3 rings (SSSR count). The van der Waals surface area contributed by atoms with Crippen molar-refractivity contribution in [1.29, 1.82) is 0 Å². The van der Waals surface area contributed by atoms with Gasteiger partial charge < -0.3 is 4.90 Å². The fourth-order valence-electron chi connectivity index (χ4n) is 2.97. The van der Waals surface area contributed by atoms with Gasteiger partial charge in [-0.3, -0.25) is 24.3 Å². The van der Waals surface area contributed by atoms with Crippen molar-refractivity contribution in [2.24, 2.45) is 0 Å². The number of nitro groups is 1. The van der Waals surface area contributed by atoms with Gasteiger partial charge in [-0.15, -0.1) is 0 Å². The number of likely N-dealkylation sites (tertiary alicyclic amines) is 1. The van der Waals surface area contributed by atoms with Gasteiger partial charge in [-0.25, -0.2) is 0 Å². The first-order chi connectivity index (χ1) is 11.6. The van der Waals surface area contributed by atoms with Gasteiger partial charge in [0.2, 0.25) is 5.91 Å². The zero-order valence-corrected chi connectivity index (χ0v) is 13.0. The van der Waals surface area contributed by atoms with Gasteiger partial charge in [0.05, 0.1) is 11.1 Å². The molecule has 2 aromatic rings. The summed E-state index contributed by atoms with van der Waals surface area (Å²) in [7, 11) is 0. The van der Waals surface area contributed by atoms with Crippen molar-refractivity contribution in [2.45, 2.75) is 18.9 Å².